The average molecular weight is 444 g/mol. The van der Waals surface area contributed by atoms with Gasteiger partial charge in [-0.1, -0.05) is 31.7 Å². The molecule has 31 heavy (non-hydrogen) atoms. The predicted octanol–water partition coefficient (Wildman–Crippen LogP) is 5.54. The molecule has 2 N–H and O–H groups in total. The third-order valence-electron chi connectivity index (χ3n) is 5.13. The SMILES string of the molecule is COc1ccc(Nc2nc(NC3CCCCCC3)nc(OCc3cccs3)n2)cc1F. The van der Waals surface area contributed by atoms with Crippen molar-refractivity contribution in [3.8, 4) is 11.8 Å². The van der Waals surface area contributed by atoms with Crippen LogP contribution in [-0.2, 0) is 6.61 Å². The Hall–Kier alpha value is -2.94. The maximum absolute atomic E-state index is 14.1. The maximum Gasteiger partial charge on any atom is 0.323 e. The third kappa shape index (κ3) is 6.04. The normalized spacial score (nSPS) is 14.6. The van der Waals surface area contributed by atoms with Gasteiger partial charge < -0.3 is 20.1 Å². The Morgan fingerprint density at radius 2 is 1.87 bits per heavy atom. The number of hydrogen-bond acceptors (Lipinski definition) is 8. The number of nitrogens with zero attached hydrogens (tertiary/aromatic N) is 3. The van der Waals surface area contributed by atoms with E-state index in [4.69, 9.17) is 9.47 Å². The van der Waals surface area contributed by atoms with E-state index < -0.39 is 5.82 Å². The molecule has 9 heteroatoms. The van der Waals surface area contributed by atoms with Crippen LogP contribution in [0.5, 0.6) is 11.8 Å². The van der Waals surface area contributed by atoms with Crippen LogP contribution in [0.15, 0.2) is 35.7 Å². The minimum absolute atomic E-state index is 0.178. The minimum atomic E-state index is -0.465. The van der Waals surface area contributed by atoms with Gasteiger partial charge in [0, 0.05) is 22.7 Å². The van der Waals surface area contributed by atoms with Gasteiger partial charge in [-0.15, -0.1) is 11.3 Å². The van der Waals surface area contributed by atoms with Gasteiger partial charge in [-0.25, -0.2) is 4.39 Å². The highest BCUT2D eigenvalue weighted by atomic mass is 32.1. The largest absolute Gasteiger partial charge is 0.494 e. The van der Waals surface area contributed by atoms with Gasteiger partial charge in [-0.3, -0.25) is 0 Å². The van der Waals surface area contributed by atoms with Crippen molar-refractivity contribution in [2.75, 3.05) is 17.7 Å². The first-order chi connectivity index (χ1) is 15.2. The summed E-state index contributed by atoms with van der Waals surface area (Å²) < 4.78 is 24.9. The Labute approximate surface area is 185 Å². The number of ether oxygens (including phenoxy) is 2. The number of halogens is 1. The monoisotopic (exact) mass is 443 g/mol. The zero-order chi connectivity index (χ0) is 21.5. The Bertz CT molecular complexity index is 978. The molecule has 1 aromatic carbocycles. The number of rotatable bonds is 8. The Kier molecular flexibility index (Phi) is 7.14. The van der Waals surface area contributed by atoms with Crippen LogP contribution in [0.3, 0.4) is 0 Å². The van der Waals surface area contributed by atoms with E-state index in [1.807, 2.05) is 17.5 Å². The molecular weight excluding hydrogens is 417 g/mol. The number of benzene rings is 1. The smallest absolute Gasteiger partial charge is 0.323 e. The lowest BCUT2D eigenvalue weighted by molar-refractivity contribution is 0.284. The van der Waals surface area contributed by atoms with Gasteiger partial charge in [0.15, 0.2) is 11.6 Å². The number of methoxy groups -OCH3 is 1. The van der Waals surface area contributed by atoms with E-state index in [2.05, 4.69) is 25.6 Å². The molecule has 1 aliphatic carbocycles. The lowest BCUT2D eigenvalue weighted by atomic mass is 10.1. The second kappa shape index (κ2) is 10.4. The number of anilines is 3. The van der Waals surface area contributed by atoms with Crippen LogP contribution >= 0.6 is 11.3 Å². The van der Waals surface area contributed by atoms with Gasteiger partial charge in [0.25, 0.3) is 0 Å². The molecule has 4 rings (SSSR count). The van der Waals surface area contributed by atoms with Crippen molar-refractivity contribution in [2.45, 2.75) is 51.2 Å². The summed E-state index contributed by atoms with van der Waals surface area (Å²) in [4.78, 5) is 14.4. The highest BCUT2D eigenvalue weighted by Gasteiger charge is 2.16. The molecule has 1 saturated carbocycles. The number of thiophene rings is 1. The van der Waals surface area contributed by atoms with Crippen LogP contribution in [0.4, 0.5) is 22.0 Å². The van der Waals surface area contributed by atoms with Crippen LogP contribution in [0.25, 0.3) is 0 Å². The summed E-state index contributed by atoms with van der Waals surface area (Å²) >= 11 is 1.61. The summed E-state index contributed by atoms with van der Waals surface area (Å²) in [6.45, 7) is 0.376. The third-order valence-corrected chi connectivity index (χ3v) is 5.98. The Morgan fingerprint density at radius 1 is 1.06 bits per heavy atom. The van der Waals surface area contributed by atoms with Crippen LogP contribution in [-0.4, -0.2) is 28.1 Å². The molecule has 0 aliphatic heterocycles. The fourth-order valence-electron chi connectivity index (χ4n) is 3.55. The molecule has 2 heterocycles. The fourth-order valence-corrected chi connectivity index (χ4v) is 4.17. The molecule has 3 aromatic rings. The molecule has 0 atom stereocenters. The number of hydrogen-bond donors (Lipinski definition) is 2. The fraction of sp³-hybridized carbons (Fsp3) is 0.409. The van der Waals surface area contributed by atoms with E-state index in [0.717, 1.165) is 17.7 Å². The quantitative estimate of drug-likeness (QED) is 0.443. The second-order valence-corrected chi connectivity index (χ2v) is 8.47. The summed E-state index contributed by atoms with van der Waals surface area (Å²) in [7, 11) is 1.43. The molecule has 0 saturated heterocycles. The maximum atomic E-state index is 14.1. The second-order valence-electron chi connectivity index (χ2n) is 7.44. The van der Waals surface area contributed by atoms with Crippen molar-refractivity contribution in [3.63, 3.8) is 0 Å². The van der Waals surface area contributed by atoms with E-state index >= 15 is 0 Å². The van der Waals surface area contributed by atoms with Crippen LogP contribution in [0, 0.1) is 5.82 Å². The molecule has 0 radical (unpaired) electrons. The number of nitrogens with one attached hydrogen (secondary N) is 2. The molecule has 0 spiro atoms. The topological polar surface area (TPSA) is 81.2 Å². The lowest BCUT2D eigenvalue weighted by Gasteiger charge is -2.17. The lowest BCUT2D eigenvalue weighted by Crippen LogP contribution is -2.20. The molecule has 164 valence electrons. The average Bonchev–Trinajstić information content (AvgIpc) is 3.16. The van der Waals surface area contributed by atoms with Gasteiger partial charge in [0.2, 0.25) is 11.9 Å². The van der Waals surface area contributed by atoms with Gasteiger partial charge >= 0.3 is 6.01 Å². The number of aromatic nitrogens is 3. The van der Waals surface area contributed by atoms with Gasteiger partial charge in [-0.05, 0) is 36.4 Å². The molecule has 0 bridgehead atoms. The zero-order valence-corrected chi connectivity index (χ0v) is 18.3. The summed E-state index contributed by atoms with van der Waals surface area (Å²) in [6.07, 6.45) is 7.09. The molecule has 1 aliphatic rings. The summed E-state index contributed by atoms with van der Waals surface area (Å²) in [6, 6.07) is 9.11. The standard InChI is InChI=1S/C22H26FN5O2S/c1-29-19-11-10-16(13-18(19)23)25-21-26-20(24-15-7-4-2-3-5-8-15)27-22(28-21)30-14-17-9-6-12-31-17/h6,9-13,15H,2-5,7-8,14H2,1H3,(H2,24,25,26,27,28). The van der Waals surface area contributed by atoms with E-state index in [1.165, 1.54) is 38.9 Å². The molecule has 7 nitrogen and oxygen atoms in total. The van der Waals surface area contributed by atoms with Crippen LogP contribution < -0.4 is 20.1 Å². The highest BCUT2D eigenvalue weighted by Crippen LogP contribution is 2.25. The van der Waals surface area contributed by atoms with Gasteiger partial charge in [0.1, 0.15) is 6.61 Å². The molecule has 1 fully saturated rings. The van der Waals surface area contributed by atoms with Crippen LogP contribution in [0.1, 0.15) is 43.4 Å². The zero-order valence-electron chi connectivity index (χ0n) is 17.4. The Morgan fingerprint density at radius 3 is 2.58 bits per heavy atom. The molecule has 0 unspecified atom stereocenters. The van der Waals surface area contributed by atoms with E-state index in [0.29, 0.717) is 24.3 Å². The van der Waals surface area contributed by atoms with Crippen molar-refractivity contribution >= 4 is 28.9 Å². The Balaban J connectivity index is 1.54. The van der Waals surface area contributed by atoms with Crippen LogP contribution in [0.2, 0.25) is 0 Å². The van der Waals surface area contributed by atoms with Crippen molar-refractivity contribution in [1.29, 1.82) is 0 Å². The highest BCUT2D eigenvalue weighted by molar-refractivity contribution is 7.09. The summed E-state index contributed by atoms with van der Waals surface area (Å²) in [5.41, 5.74) is 0.508. The van der Waals surface area contributed by atoms with Crippen molar-refractivity contribution in [2.24, 2.45) is 0 Å². The first-order valence-electron chi connectivity index (χ1n) is 10.5. The van der Waals surface area contributed by atoms with Gasteiger partial charge in [0.05, 0.1) is 7.11 Å². The first-order valence-corrected chi connectivity index (χ1v) is 11.4. The summed E-state index contributed by atoms with van der Waals surface area (Å²) in [5, 5.41) is 8.48. The van der Waals surface area contributed by atoms with Crippen molar-refractivity contribution < 1.29 is 13.9 Å². The van der Waals surface area contributed by atoms with Crippen molar-refractivity contribution in [3.05, 3.63) is 46.4 Å². The van der Waals surface area contributed by atoms with E-state index in [-0.39, 0.29) is 17.7 Å². The molecule has 2 aromatic heterocycles. The minimum Gasteiger partial charge on any atom is -0.494 e. The van der Waals surface area contributed by atoms with Gasteiger partial charge in [-0.2, -0.15) is 15.0 Å². The molecule has 0 amide bonds. The van der Waals surface area contributed by atoms with Crippen molar-refractivity contribution in [1.82, 2.24) is 15.0 Å². The predicted molar refractivity (Wildman–Crippen MR) is 120 cm³/mol. The first kappa shape index (κ1) is 21.3. The van der Waals surface area contributed by atoms with E-state index in [1.54, 1.807) is 23.5 Å². The summed E-state index contributed by atoms with van der Waals surface area (Å²) in [5.74, 6) is 0.459. The molecular formula is C22H26FN5O2S. The van der Waals surface area contributed by atoms with E-state index in [9.17, 15) is 4.39 Å².